The number of nitrogens with one attached hydrogen (secondary N) is 1. The van der Waals surface area contributed by atoms with E-state index in [1.54, 1.807) is 30.3 Å². The van der Waals surface area contributed by atoms with Crippen LogP contribution >= 0.6 is 15.9 Å². The Bertz CT molecular complexity index is 760. The van der Waals surface area contributed by atoms with Crippen LogP contribution in [0.4, 0.5) is 5.69 Å². The van der Waals surface area contributed by atoms with Crippen LogP contribution in [-0.4, -0.2) is 24.2 Å². The summed E-state index contributed by atoms with van der Waals surface area (Å²) in [6, 6.07) is 11.2. The number of methoxy groups -OCH3 is 1. The summed E-state index contributed by atoms with van der Waals surface area (Å²) in [6.07, 6.45) is 1.32. The van der Waals surface area contributed by atoms with Crippen LogP contribution in [0.15, 0.2) is 52.0 Å². The molecule has 0 saturated heterocycles. The van der Waals surface area contributed by atoms with Gasteiger partial charge in [0.1, 0.15) is 0 Å². The van der Waals surface area contributed by atoms with E-state index in [9.17, 15) is 14.9 Å². The fourth-order valence-electron chi connectivity index (χ4n) is 1.76. The van der Waals surface area contributed by atoms with Crippen molar-refractivity contribution in [3.63, 3.8) is 0 Å². The summed E-state index contributed by atoms with van der Waals surface area (Å²) in [7, 11) is 1.36. The predicted molar refractivity (Wildman–Crippen MR) is 88.9 cm³/mol. The summed E-state index contributed by atoms with van der Waals surface area (Å²) >= 11 is 3.28. The number of rotatable bonds is 5. The number of carbonyl (C=O) groups excluding carboxylic acids is 1. The number of carbonyl (C=O) groups is 1. The molecule has 0 radical (unpaired) electrons. The number of ether oxygens (including phenoxy) is 1. The van der Waals surface area contributed by atoms with Crippen LogP contribution in [0, 0.1) is 10.1 Å². The highest BCUT2D eigenvalue weighted by molar-refractivity contribution is 9.10. The summed E-state index contributed by atoms with van der Waals surface area (Å²) in [5, 5.41) is 14.7. The normalized spacial score (nSPS) is 10.5. The molecule has 0 spiro atoms. The predicted octanol–water partition coefficient (Wildman–Crippen LogP) is 3.13. The molecule has 0 aliphatic heterocycles. The minimum atomic E-state index is -0.545. The molecule has 1 N–H and O–H groups in total. The molecule has 23 heavy (non-hydrogen) atoms. The smallest absolute Gasteiger partial charge is 0.311 e. The number of hydrazone groups is 1. The standard InChI is InChI=1S/C15H12BrN3O4/c1-23-14-7-2-10(8-13(14)19(21)22)9-17-18-15(20)11-3-5-12(16)6-4-11/h2-9H,1H3,(H,18,20)/b17-9+. The summed E-state index contributed by atoms with van der Waals surface area (Å²) in [5.74, 6) is -0.220. The molecule has 0 bridgehead atoms. The van der Waals surface area contributed by atoms with Crippen LogP contribution in [0.25, 0.3) is 0 Å². The molecule has 7 nitrogen and oxygen atoms in total. The molecular formula is C15H12BrN3O4. The zero-order valence-electron chi connectivity index (χ0n) is 12.0. The van der Waals surface area contributed by atoms with Crippen LogP contribution in [-0.2, 0) is 0 Å². The maximum atomic E-state index is 11.9. The number of benzene rings is 2. The number of amides is 1. The summed E-state index contributed by atoms with van der Waals surface area (Å²) in [5.41, 5.74) is 3.10. The van der Waals surface area contributed by atoms with Crippen molar-refractivity contribution in [3.8, 4) is 5.75 Å². The topological polar surface area (TPSA) is 93.8 Å². The lowest BCUT2D eigenvalue weighted by molar-refractivity contribution is -0.385. The Balaban J connectivity index is 2.08. The molecule has 0 atom stereocenters. The largest absolute Gasteiger partial charge is 0.490 e. The van der Waals surface area contributed by atoms with Gasteiger partial charge in [0.25, 0.3) is 5.91 Å². The molecule has 118 valence electrons. The monoisotopic (exact) mass is 377 g/mol. The first kappa shape index (κ1) is 16.6. The van der Waals surface area contributed by atoms with Crippen molar-refractivity contribution in [1.29, 1.82) is 0 Å². The van der Waals surface area contributed by atoms with E-state index in [1.165, 1.54) is 25.5 Å². The Labute approximate surface area is 140 Å². The van der Waals surface area contributed by atoms with Crippen LogP contribution < -0.4 is 10.2 Å². The molecule has 8 heteroatoms. The van der Waals surface area contributed by atoms with Crippen molar-refractivity contribution < 1.29 is 14.5 Å². The van der Waals surface area contributed by atoms with Crippen LogP contribution in [0.5, 0.6) is 5.75 Å². The number of nitro groups is 1. The lowest BCUT2D eigenvalue weighted by atomic mass is 10.2. The number of nitro benzene ring substituents is 1. The highest BCUT2D eigenvalue weighted by Crippen LogP contribution is 2.26. The van der Waals surface area contributed by atoms with Crippen LogP contribution in [0.3, 0.4) is 0 Å². The first-order valence-corrected chi connectivity index (χ1v) is 7.22. The average Bonchev–Trinajstić information content (AvgIpc) is 2.55. The quantitative estimate of drug-likeness (QED) is 0.491. The van der Waals surface area contributed by atoms with Gasteiger partial charge >= 0.3 is 5.69 Å². The van der Waals surface area contributed by atoms with Crippen molar-refractivity contribution in [2.45, 2.75) is 0 Å². The van der Waals surface area contributed by atoms with E-state index in [0.717, 1.165) is 4.47 Å². The number of halogens is 1. The van der Waals surface area contributed by atoms with Gasteiger partial charge in [-0.15, -0.1) is 0 Å². The minimum Gasteiger partial charge on any atom is -0.490 e. The number of nitrogens with zero attached hydrogens (tertiary/aromatic N) is 2. The van der Waals surface area contributed by atoms with Crippen molar-refractivity contribution >= 4 is 33.7 Å². The molecule has 1 amide bonds. The van der Waals surface area contributed by atoms with E-state index in [2.05, 4.69) is 26.5 Å². The molecule has 0 heterocycles. The van der Waals surface area contributed by atoms with Gasteiger partial charge in [0, 0.05) is 21.7 Å². The van der Waals surface area contributed by atoms with Gasteiger partial charge in [0.2, 0.25) is 0 Å². The molecule has 2 rings (SSSR count). The van der Waals surface area contributed by atoms with Crippen LogP contribution in [0.2, 0.25) is 0 Å². The van der Waals surface area contributed by atoms with Gasteiger partial charge in [-0.25, -0.2) is 5.43 Å². The van der Waals surface area contributed by atoms with Gasteiger partial charge in [-0.2, -0.15) is 5.10 Å². The third-order valence-electron chi connectivity index (χ3n) is 2.89. The second-order valence-electron chi connectivity index (χ2n) is 4.39. The van der Waals surface area contributed by atoms with E-state index in [1.807, 2.05) is 0 Å². The average molecular weight is 378 g/mol. The molecule has 0 saturated carbocycles. The van der Waals surface area contributed by atoms with Crippen LogP contribution in [0.1, 0.15) is 15.9 Å². The molecule has 2 aromatic carbocycles. The van der Waals surface area contributed by atoms with Crippen molar-refractivity contribution in [2.24, 2.45) is 5.10 Å². The van der Waals surface area contributed by atoms with Gasteiger partial charge in [-0.1, -0.05) is 15.9 Å². The van der Waals surface area contributed by atoms with E-state index in [4.69, 9.17) is 4.74 Å². The van der Waals surface area contributed by atoms with Crippen molar-refractivity contribution in [2.75, 3.05) is 7.11 Å². The van der Waals surface area contributed by atoms with Gasteiger partial charge in [-0.05, 0) is 36.4 Å². The third-order valence-corrected chi connectivity index (χ3v) is 3.41. The van der Waals surface area contributed by atoms with Gasteiger partial charge in [-0.3, -0.25) is 14.9 Å². The second kappa shape index (κ2) is 7.50. The van der Waals surface area contributed by atoms with Gasteiger partial charge < -0.3 is 4.74 Å². The fourth-order valence-corrected chi connectivity index (χ4v) is 2.03. The highest BCUT2D eigenvalue weighted by atomic mass is 79.9. The van der Waals surface area contributed by atoms with E-state index in [0.29, 0.717) is 11.1 Å². The lowest BCUT2D eigenvalue weighted by Crippen LogP contribution is -2.17. The fraction of sp³-hybridized carbons (Fsp3) is 0.0667. The molecule has 0 aromatic heterocycles. The maximum absolute atomic E-state index is 11.9. The Morgan fingerprint density at radius 1 is 1.30 bits per heavy atom. The Hall–Kier alpha value is -2.74. The first-order valence-electron chi connectivity index (χ1n) is 6.42. The molecule has 0 fully saturated rings. The van der Waals surface area contributed by atoms with Gasteiger partial charge in [0.05, 0.1) is 18.2 Å². The molecule has 0 unspecified atom stereocenters. The molecule has 0 aliphatic rings. The third kappa shape index (κ3) is 4.36. The number of hydrogen-bond donors (Lipinski definition) is 1. The minimum absolute atomic E-state index is 0.158. The number of hydrogen-bond acceptors (Lipinski definition) is 5. The SMILES string of the molecule is COc1ccc(/C=N/NC(=O)c2ccc(Br)cc2)cc1[N+](=O)[O-]. The van der Waals surface area contributed by atoms with Crippen molar-refractivity contribution in [1.82, 2.24) is 5.43 Å². The molecule has 0 aliphatic carbocycles. The maximum Gasteiger partial charge on any atom is 0.311 e. The molecular weight excluding hydrogens is 366 g/mol. The van der Waals surface area contributed by atoms with Gasteiger partial charge in [0.15, 0.2) is 5.75 Å². The second-order valence-corrected chi connectivity index (χ2v) is 5.31. The zero-order valence-corrected chi connectivity index (χ0v) is 13.6. The summed E-state index contributed by atoms with van der Waals surface area (Å²) < 4.78 is 5.78. The van der Waals surface area contributed by atoms with E-state index >= 15 is 0 Å². The highest BCUT2D eigenvalue weighted by Gasteiger charge is 2.14. The van der Waals surface area contributed by atoms with E-state index in [-0.39, 0.29) is 17.3 Å². The summed E-state index contributed by atoms with van der Waals surface area (Å²) in [6.45, 7) is 0. The van der Waals surface area contributed by atoms with Crippen molar-refractivity contribution in [3.05, 3.63) is 68.2 Å². The summed E-state index contributed by atoms with van der Waals surface area (Å²) in [4.78, 5) is 22.2. The Morgan fingerprint density at radius 2 is 2.00 bits per heavy atom. The Kier molecular flexibility index (Phi) is 5.42. The first-order chi connectivity index (χ1) is 11.0. The van der Waals surface area contributed by atoms with E-state index < -0.39 is 4.92 Å². The Morgan fingerprint density at radius 3 is 2.61 bits per heavy atom. The zero-order chi connectivity index (χ0) is 16.8. The lowest BCUT2D eigenvalue weighted by Gasteiger charge is -2.02. The molecule has 2 aromatic rings.